The van der Waals surface area contributed by atoms with Gasteiger partial charge < -0.3 is 14.0 Å². The lowest BCUT2D eigenvalue weighted by Gasteiger charge is -2.08. The second kappa shape index (κ2) is 10.1. The van der Waals surface area contributed by atoms with Gasteiger partial charge in [-0.05, 0) is 80.1 Å². The first-order chi connectivity index (χ1) is 16.4. The minimum atomic E-state index is -0.429. The van der Waals surface area contributed by atoms with Crippen LogP contribution in [-0.2, 0) is 17.8 Å². The minimum absolute atomic E-state index is 0.0837. The van der Waals surface area contributed by atoms with Crippen molar-refractivity contribution in [3.63, 3.8) is 0 Å². The summed E-state index contributed by atoms with van der Waals surface area (Å²) in [5.41, 5.74) is 3.28. The lowest BCUT2D eigenvalue weighted by Crippen LogP contribution is -2.11. The van der Waals surface area contributed by atoms with Crippen molar-refractivity contribution in [2.75, 3.05) is 0 Å². The van der Waals surface area contributed by atoms with E-state index in [0.717, 1.165) is 22.6 Å². The lowest BCUT2D eigenvalue weighted by atomic mass is 10.0. The second-order valence-corrected chi connectivity index (χ2v) is 7.75. The van der Waals surface area contributed by atoms with Crippen molar-refractivity contribution in [1.82, 2.24) is 5.16 Å². The van der Waals surface area contributed by atoms with Gasteiger partial charge in [0, 0.05) is 11.1 Å². The number of ether oxygens (including phenoxy) is 2. The molecule has 1 heterocycles. The smallest absolute Gasteiger partial charge is 0.315 e. The first-order valence-electron chi connectivity index (χ1n) is 10.6. The predicted octanol–water partition coefficient (Wildman–Crippen LogP) is 5.39. The SMILES string of the molecule is Cc1noc(C)c1COc1ccc(CC(=O)Oc2ccc(C(=O)c3ccc(F)cc3)cc2)cc1. The Labute approximate surface area is 195 Å². The Bertz CT molecular complexity index is 1270. The largest absolute Gasteiger partial charge is 0.489 e. The van der Waals surface area contributed by atoms with Gasteiger partial charge in [0.25, 0.3) is 0 Å². The number of hydrogen-bond acceptors (Lipinski definition) is 6. The van der Waals surface area contributed by atoms with Gasteiger partial charge in [-0.3, -0.25) is 9.59 Å². The monoisotopic (exact) mass is 459 g/mol. The maximum atomic E-state index is 13.0. The number of halogens is 1. The van der Waals surface area contributed by atoms with Gasteiger partial charge in [-0.25, -0.2) is 4.39 Å². The quantitative estimate of drug-likeness (QED) is 0.200. The Morgan fingerprint density at radius 1 is 0.853 bits per heavy atom. The maximum Gasteiger partial charge on any atom is 0.315 e. The summed E-state index contributed by atoms with van der Waals surface area (Å²) in [6.45, 7) is 4.05. The standard InChI is InChI=1S/C27H22FNO5/c1-17-25(18(2)34-29-17)16-32-23-11-3-19(4-12-23)15-26(30)33-24-13-7-21(8-14-24)27(31)20-5-9-22(28)10-6-20/h3-14H,15-16H2,1-2H3. The van der Waals surface area contributed by atoms with Crippen LogP contribution in [0.3, 0.4) is 0 Å². The third-order valence-corrected chi connectivity index (χ3v) is 5.29. The van der Waals surface area contributed by atoms with E-state index in [9.17, 15) is 14.0 Å². The number of benzene rings is 3. The van der Waals surface area contributed by atoms with E-state index in [1.165, 1.54) is 24.3 Å². The molecule has 0 atom stereocenters. The Hall–Kier alpha value is -4.26. The van der Waals surface area contributed by atoms with Crippen molar-refractivity contribution >= 4 is 11.8 Å². The molecular formula is C27H22FNO5. The topological polar surface area (TPSA) is 78.6 Å². The molecule has 0 radical (unpaired) electrons. The Morgan fingerprint density at radius 2 is 1.44 bits per heavy atom. The van der Waals surface area contributed by atoms with Gasteiger partial charge in [0.15, 0.2) is 5.78 Å². The number of nitrogens with zero attached hydrogens (tertiary/aromatic N) is 1. The molecule has 1 aromatic heterocycles. The lowest BCUT2D eigenvalue weighted by molar-refractivity contribution is -0.133. The average Bonchev–Trinajstić information content (AvgIpc) is 3.16. The van der Waals surface area contributed by atoms with Gasteiger partial charge in [0.1, 0.15) is 29.7 Å². The molecule has 0 N–H and O–H groups in total. The molecule has 6 nitrogen and oxygen atoms in total. The highest BCUT2D eigenvalue weighted by atomic mass is 19.1. The van der Waals surface area contributed by atoms with Crippen LogP contribution < -0.4 is 9.47 Å². The summed E-state index contributed by atoms with van der Waals surface area (Å²) in [6, 6.07) is 18.8. The molecule has 0 amide bonds. The van der Waals surface area contributed by atoms with Crippen LogP contribution in [-0.4, -0.2) is 16.9 Å². The molecule has 0 unspecified atom stereocenters. The van der Waals surface area contributed by atoms with Crippen LogP contribution in [0.15, 0.2) is 77.3 Å². The van der Waals surface area contributed by atoms with E-state index < -0.39 is 11.8 Å². The zero-order valence-corrected chi connectivity index (χ0v) is 18.7. The molecule has 0 saturated heterocycles. The number of carbonyl (C=O) groups is 2. The molecule has 34 heavy (non-hydrogen) atoms. The van der Waals surface area contributed by atoms with Crippen LogP contribution in [0.2, 0.25) is 0 Å². The maximum absolute atomic E-state index is 13.0. The molecule has 0 bridgehead atoms. The number of carbonyl (C=O) groups excluding carboxylic acids is 2. The Balaban J connectivity index is 1.30. The molecule has 172 valence electrons. The van der Waals surface area contributed by atoms with Crippen molar-refractivity contribution in [3.05, 3.63) is 112 Å². The summed E-state index contributed by atoms with van der Waals surface area (Å²) in [5.74, 6) is 0.651. The van der Waals surface area contributed by atoms with Crippen LogP contribution in [0.25, 0.3) is 0 Å². The number of esters is 1. The average molecular weight is 459 g/mol. The number of rotatable bonds is 8. The number of ketones is 1. The van der Waals surface area contributed by atoms with Gasteiger partial charge in [-0.15, -0.1) is 0 Å². The Morgan fingerprint density at radius 3 is 2.03 bits per heavy atom. The van der Waals surface area contributed by atoms with Crippen LogP contribution >= 0.6 is 0 Å². The van der Waals surface area contributed by atoms with Crippen molar-refractivity contribution in [1.29, 1.82) is 0 Å². The third-order valence-electron chi connectivity index (χ3n) is 5.29. The van der Waals surface area contributed by atoms with E-state index in [1.54, 1.807) is 48.5 Å². The highest BCUT2D eigenvalue weighted by Gasteiger charge is 2.12. The summed E-state index contributed by atoms with van der Waals surface area (Å²) in [6.07, 6.45) is 0.0837. The molecule has 0 spiro atoms. The van der Waals surface area contributed by atoms with Crippen molar-refractivity contribution < 1.29 is 28.0 Å². The van der Waals surface area contributed by atoms with E-state index >= 15 is 0 Å². The van der Waals surface area contributed by atoms with E-state index in [0.29, 0.717) is 29.2 Å². The summed E-state index contributed by atoms with van der Waals surface area (Å²) < 4.78 is 29.3. The van der Waals surface area contributed by atoms with E-state index in [1.807, 2.05) is 13.8 Å². The van der Waals surface area contributed by atoms with E-state index in [-0.39, 0.29) is 12.2 Å². The fourth-order valence-corrected chi connectivity index (χ4v) is 3.34. The minimum Gasteiger partial charge on any atom is -0.489 e. The molecule has 0 aliphatic carbocycles. The molecule has 0 aliphatic rings. The van der Waals surface area contributed by atoms with Gasteiger partial charge in [0.05, 0.1) is 17.7 Å². The number of aryl methyl sites for hydroxylation is 2. The molecule has 0 fully saturated rings. The normalized spacial score (nSPS) is 10.7. The molecular weight excluding hydrogens is 437 g/mol. The molecule has 7 heteroatoms. The van der Waals surface area contributed by atoms with Crippen molar-refractivity contribution in [2.24, 2.45) is 0 Å². The fraction of sp³-hybridized carbons (Fsp3) is 0.148. The van der Waals surface area contributed by atoms with Gasteiger partial charge in [-0.1, -0.05) is 17.3 Å². The summed E-state index contributed by atoms with van der Waals surface area (Å²) in [5, 5.41) is 3.90. The molecule has 0 aliphatic heterocycles. The highest BCUT2D eigenvalue weighted by Crippen LogP contribution is 2.20. The van der Waals surface area contributed by atoms with E-state index in [4.69, 9.17) is 14.0 Å². The molecule has 0 saturated carbocycles. The highest BCUT2D eigenvalue weighted by molar-refractivity contribution is 6.09. The predicted molar refractivity (Wildman–Crippen MR) is 122 cm³/mol. The second-order valence-electron chi connectivity index (χ2n) is 7.75. The van der Waals surface area contributed by atoms with Crippen LogP contribution in [0, 0.1) is 19.7 Å². The first-order valence-corrected chi connectivity index (χ1v) is 10.6. The molecule has 4 rings (SSSR count). The molecule has 4 aromatic rings. The van der Waals surface area contributed by atoms with Crippen molar-refractivity contribution in [3.8, 4) is 11.5 Å². The van der Waals surface area contributed by atoms with Crippen LogP contribution in [0.1, 0.15) is 38.5 Å². The van der Waals surface area contributed by atoms with Crippen LogP contribution in [0.4, 0.5) is 4.39 Å². The first kappa shape index (κ1) is 22.9. The Kier molecular flexibility index (Phi) is 6.82. The summed E-state index contributed by atoms with van der Waals surface area (Å²) >= 11 is 0. The molecule has 3 aromatic carbocycles. The van der Waals surface area contributed by atoms with Crippen LogP contribution in [0.5, 0.6) is 11.5 Å². The van der Waals surface area contributed by atoms with Gasteiger partial charge >= 0.3 is 5.97 Å². The third kappa shape index (κ3) is 5.56. The number of hydrogen-bond donors (Lipinski definition) is 0. The zero-order valence-electron chi connectivity index (χ0n) is 18.7. The van der Waals surface area contributed by atoms with Crippen molar-refractivity contribution in [2.45, 2.75) is 26.9 Å². The fourth-order valence-electron chi connectivity index (χ4n) is 3.34. The van der Waals surface area contributed by atoms with Gasteiger partial charge in [0.2, 0.25) is 0 Å². The van der Waals surface area contributed by atoms with E-state index in [2.05, 4.69) is 5.16 Å². The van der Waals surface area contributed by atoms with Gasteiger partial charge in [-0.2, -0.15) is 0 Å². The number of aromatic nitrogens is 1. The summed E-state index contributed by atoms with van der Waals surface area (Å²) in [7, 11) is 0. The summed E-state index contributed by atoms with van der Waals surface area (Å²) in [4.78, 5) is 24.8. The zero-order chi connectivity index (χ0) is 24.1.